The molecule has 0 saturated heterocycles. The predicted molar refractivity (Wildman–Crippen MR) is 305 cm³/mol. The summed E-state index contributed by atoms with van der Waals surface area (Å²) in [6, 6.07) is 32.3. The Morgan fingerprint density at radius 2 is 0.780 bits per heavy atom. The maximum Gasteiger partial charge on any atom is 1.00 e. The second-order valence-corrected chi connectivity index (χ2v) is 20.1. The van der Waals surface area contributed by atoms with E-state index in [2.05, 4.69) is 68.3 Å². The van der Waals surface area contributed by atoms with Crippen LogP contribution in [0.3, 0.4) is 0 Å². The van der Waals surface area contributed by atoms with Crippen LogP contribution in [0.1, 0.15) is 64.5 Å². The molecular formula is C59H46Br2LiN7O13. The van der Waals surface area contributed by atoms with Gasteiger partial charge in [-0.2, -0.15) is 15.0 Å². The van der Waals surface area contributed by atoms with Gasteiger partial charge in [-0.05, 0) is 148 Å². The van der Waals surface area contributed by atoms with Crippen molar-refractivity contribution in [3.63, 3.8) is 0 Å². The molecule has 6 aromatic carbocycles. The molecular weight excluding hydrogens is 1180 g/mol. The maximum atomic E-state index is 11.6. The third kappa shape index (κ3) is 11.8. The number of methoxy groups -OCH3 is 2. The van der Waals surface area contributed by atoms with Crippen LogP contribution < -0.4 is 24.6 Å². The summed E-state index contributed by atoms with van der Waals surface area (Å²) in [5.74, 6) is 1.50. The summed E-state index contributed by atoms with van der Waals surface area (Å²) < 4.78 is 44.5. The van der Waals surface area contributed by atoms with E-state index in [1.807, 2.05) is 90.1 Å². The van der Waals surface area contributed by atoms with Crippen molar-refractivity contribution in [2.75, 3.05) is 20.0 Å². The first-order chi connectivity index (χ1) is 38.4. The van der Waals surface area contributed by atoms with Gasteiger partial charge in [-0.25, -0.2) is 14.4 Å². The van der Waals surface area contributed by atoms with Crippen LogP contribution in [-0.2, 0) is 9.47 Å². The van der Waals surface area contributed by atoms with Gasteiger partial charge in [-0.1, -0.05) is 83.7 Å². The Hall–Kier alpha value is -8.91. The molecule has 6 aromatic heterocycles. The molecule has 0 aliphatic heterocycles. The normalized spacial score (nSPS) is 10.9. The number of halogens is 2. The Kier molecular flexibility index (Phi) is 17.6. The minimum absolute atomic E-state index is 0. The number of nitrogens with zero attached hydrogens (tertiary/aromatic N) is 6. The number of carboxylic acids is 1. The van der Waals surface area contributed by atoms with E-state index in [4.69, 9.17) is 47.1 Å². The number of benzene rings is 6. The largest absolute Gasteiger partial charge is 1.00 e. The fourth-order valence-electron chi connectivity index (χ4n) is 8.57. The fourth-order valence-corrected chi connectivity index (χ4v) is 9.69. The Morgan fingerprint density at radius 3 is 1.11 bits per heavy atom. The Balaban J connectivity index is 0.000000159. The first-order valence-corrected chi connectivity index (χ1v) is 25.9. The SMILES string of the molecule is COC(=O)c1ccc(-c2noc(-c3cc4c(C)ccc(C)c4o3)n2)c(Br)c1.COC(=O)c1ccc(-c2noc(-c3cc4c(C)ccc(C)c4o3)n2)c(N)c1.Cc1ccc(C)c2oc(-c3nc(-c4ccc(C(=O)O)cc4Br)no3)cc12.[Li+].[OH-]. The number of nitrogen functional groups attached to an aromatic ring is 1. The number of anilines is 1. The van der Waals surface area contributed by atoms with Crippen LogP contribution in [-0.4, -0.2) is 73.1 Å². The molecule has 0 radical (unpaired) electrons. The van der Waals surface area contributed by atoms with E-state index >= 15 is 0 Å². The summed E-state index contributed by atoms with van der Waals surface area (Å²) in [7, 11) is 2.65. The van der Waals surface area contributed by atoms with Crippen molar-refractivity contribution in [2.24, 2.45) is 0 Å². The minimum atomic E-state index is -1.00. The molecule has 0 aliphatic rings. The number of aromatic nitrogens is 6. The van der Waals surface area contributed by atoms with E-state index in [9.17, 15) is 14.4 Å². The zero-order chi connectivity index (χ0) is 56.7. The molecule has 410 valence electrons. The molecule has 0 aliphatic carbocycles. The molecule has 12 aromatic rings. The Labute approximate surface area is 494 Å². The summed E-state index contributed by atoms with van der Waals surface area (Å²) in [5.41, 5.74) is 18.1. The van der Waals surface area contributed by atoms with Crippen LogP contribution >= 0.6 is 31.9 Å². The third-order valence-electron chi connectivity index (χ3n) is 13.0. The van der Waals surface area contributed by atoms with Gasteiger partial charge in [0.25, 0.3) is 17.7 Å². The van der Waals surface area contributed by atoms with E-state index in [0.717, 1.165) is 66.3 Å². The Bertz CT molecular complexity index is 4100. The number of hydrogen-bond donors (Lipinski definition) is 2. The monoisotopic (exact) mass is 1230 g/mol. The molecule has 0 atom stereocenters. The van der Waals surface area contributed by atoms with Gasteiger partial charge in [0, 0.05) is 47.5 Å². The molecule has 0 unspecified atom stereocenters. The van der Waals surface area contributed by atoms with E-state index in [-0.39, 0.29) is 41.7 Å². The number of carbonyl (C=O) groups is 3. The van der Waals surface area contributed by atoms with E-state index in [0.29, 0.717) is 83.1 Å². The van der Waals surface area contributed by atoms with Gasteiger partial charge in [-0.15, -0.1) is 0 Å². The van der Waals surface area contributed by atoms with Gasteiger partial charge in [-0.3, -0.25) is 0 Å². The molecule has 4 N–H and O–H groups in total. The number of esters is 2. The molecule has 0 spiro atoms. The van der Waals surface area contributed by atoms with Crippen LogP contribution in [0.2, 0.25) is 0 Å². The summed E-state index contributed by atoms with van der Waals surface area (Å²) in [6.07, 6.45) is 0. The van der Waals surface area contributed by atoms with Gasteiger partial charge < -0.3 is 52.6 Å². The average Bonchev–Trinajstić information content (AvgIpc) is 4.42. The molecule has 0 fully saturated rings. The second kappa shape index (κ2) is 24.4. The van der Waals surface area contributed by atoms with Gasteiger partial charge in [0.05, 0.1) is 30.9 Å². The molecule has 0 saturated carbocycles. The topological polar surface area (TPSA) is 302 Å². The zero-order valence-electron chi connectivity index (χ0n) is 45.3. The van der Waals surface area contributed by atoms with Crippen molar-refractivity contribution in [3.8, 4) is 69.1 Å². The van der Waals surface area contributed by atoms with Crippen LogP contribution in [0.5, 0.6) is 0 Å². The zero-order valence-corrected chi connectivity index (χ0v) is 48.5. The van der Waals surface area contributed by atoms with Gasteiger partial charge in [0.15, 0.2) is 17.3 Å². The van der Waals surface area contributed by atoms with Gasteiger partial charge >= 0.3 is 36.8 Å². The number of furan rings is 3. The second-order valence-electron chi connectivity index (χ2n) is 18.4. The molecule has 82 heavy (non-hydrogen) atoms. The van der Waals surface area contributed by atoms with Crippen LogP contribution in [0, 0.1) is 41.5 Å². The number of nitrogens with two attached hydrogens (primary N) is 1. The van der Waals surface area contributed by atoms with Gasteiger partial charge in [0.2, 0.25) is 17.5 Å². The quantitative estimate of drug-likeness (QED) is 0.0770. The van der Waals surface area contributed by atoms with E-state index in [1.54, 1.807) is 36.4 Å². The average molecular weight is 1230 g/mol. The summed E-state index contributed by atoms with van der Waals surface area (Å²) >= 11 is 6.80. The van der Waals surface area contributed by atoms with Crippen molar-refractivity contribution in [1.82, 2.24) is 30.4 Å². The summed E-state index contributed by atoms with van der Waals surface area (Å²) in [5, 5.41) is 24.1. The van der Waals surface area contributed by atoms with Crippen LogP contribution in [0.25, 0.3) is 102 Å². The molecule has 0 amide bonds. The summed E-state index contributed by atoms with van der Waals surface area (Å²) in [4.78, 5) is 47.5. The standard InChI is InChI=1S/C20H15BrN2O4.C20H17N3O4.C19H13BrN2O4.Li.H2O/c2*1-10-4-5-11(2)17-14(10)9-16(26-17)19-22-18(23-27-19)13-7-6-12(8-15(13)21)20(24)25-3;1-9-3-4-10(2)16-13(9)8-15(25-16)18-21-17(22-26-18)12-6-5-11(19(23)24)7-14(12)20;;/h4-9H,1-3H3;4-9H,21H2,1-3H3;3-8H,1-2H3,(H,23,24);;1H2/q;;;+1;/p-1. The first kappa shape index (κ1) is 59.2. The molecule has 20 nitrogen and oxygen atoms in total. The predicted octanol–water partition coefficient (Wildman–Crippen LogP) is 11.5. The van der Waals surface area contributed by atoms with Crippen LogP contribution in [0.4, 0.5) is 5.69 Å². The molecule has 0 bridgehead atoms. The molecule has 12 rings (SSSR count). The van der Waals surface area contributed by atoms with Crippen molar-refractivity contribution in [2.45, 2.75) is 41.5 Å². The van der Waals surface area contributed by atoms with Crippen molar-refractivity contribution in [1.29, 1.82) is 0 Å². The van der Waals surface area contributed by atoms with Crippen molar-refractivity contribution >= 4 is 88.4 Å². The number of rotatable bonds is 9. The van der Waals surface area contributed by atoms with E-state index in [1.165, 1.54) is 32.4 Å². The number of hydrogen-bond acceptors (Lipinski definition) is 19. The van der Waals surface area contributed by atoms with Crippen LogP contribution in [0.15, 0.2) is 145 Å². The van der Waals surface area contributed by atoms with Gasteiger partial charge in [0.1, 0.15) is 16.7 Å². The minimum Gasteiger partial charge on any atom is -0.870 e. The number of carbonyl (C=O) groups excluding carboxylic acids is 2. The third-order valence-corrected chi connectivity index (χ3v) is 14.3. The van der Waals surface area contributed by atoms with Crippen molar-refractivity contribution in [3.05, 3.63) is 168 Å². The Morgan fingerprint density at radius 1 is 0.463 bits per heavy atom. The number of carboxylic acid groups (broad SMARTS) is 1. The number of ether oxygens (including phenoxy) is 2. The first-order valence-electron chi connectivity index (χ1n) is 24.3. The smallest absolute Gasteiger partial charge is 0.870 e. The van der Waals surface area contributed by atoms with Crippen molar-refractivity contribution < 1.29 is 80.1 Å². The fraction of sp³-hybridized carbons (Fsp3) is 0.136. The number of aromatic carboxylic acids is 1. The molecule has 23 heteroatoms. The number of fused-ring (bicyclic) bond motifs is 3. The summed E-state index contributed by atoms with van der Waals surface area (Å²) in [6.45, 7) is 12.0. The van der Waals surface area contributed by atoms with E-state index < -0.39 is 17.9 Å². The maximum absolute atomic E-state index is 11.6. The number of aryl methyl sites for hydroxylation is 6. The molecule has 6 heterocycles.